The molecule has 0 saturated heterocycles. The van der Waals surface area contributed by atoms with Gasteiger partial charge in [-0.3, -0.25) is 9.35 Å². The number of carbonyl (C=O) groups is 1. The molecule has 1 unspecified atom stereocenters. The maximum absolute atomic E-state index is 11.7. The fraction of sp³-hybridized carbons (Fsp3) is 0.533. The number of carbonyl (C=O) groups excluding carboxylic acids is 1. The van der Waals surface area contributed by atoms with E-state index in [0.29, 0.717) is 6.42 Å². The number of hydrogen-bond acceptors (Lipinski definition) is 4. The molecule has 0 aliphatic heterocycles. The largest absolute Gasteiger partial charge is 0.422 e. The molecule has 0 radical (unpaired) electrons. The Morgan fingerprint density at radius 1 is 1.10 bits per heavy atom. The van der Waals surface area contributed by atoms with E-state index in [9.17, 15) is 9.00 Å². The molecule has 1 atom stereocenters. The third-order valence-corrected chi connectivity index (χ3v) is 3.29. The van der Waals surface area contributed by atoms with Gasteiger partial charge in [-0.15, -0.1) is 0 Å². The van der Waals surface area contributed by atoms with Gasteiger partial charge >= 0.3 is 17.3 Å². The van der Waals surface area contributed by atoms with E-state index in [0.717, 1.165) is 19.3 Å². The highest BCUT2D eigenvalue weighted by molar-refractivity contribution is 7.74. The van der Waals surface area contributed by atoms with Gasteiger partial charge in [-0.1, -0.05) is 51.2 Å². The minimum atomic E-state index is -2.44. The van der Waals surface area contributed by atoms with Crippen LogP contribution in [0.5, 0.6) is 11.5 Å². The fourth-order valence-corrected chi connectivity index (χ4v) is 2.19. The van der Waals surface area contributed by atoms with Crippen LogP contribution < -0.4 is 8.92 Å². The van der Waals surface area contributed by atoms with Gasteiger partial charge < -0.3 is 8.92 Å². The summed E-state index contributed by atoms with van der Waals surface area (Å²) in [6, 6.07) is 6.30. The van der Waals surface area contributed by atoms with Crippen LogP contribution in [0.4, 0.5) is 0 Å². The van der Waals surface area contributed by atoms with E-state index in [1.54, 1.807) is 12.1 Å². The monoisotopic (exact) mass is 314 g/mol. The lowest BCUT2D eigenvalue weighted by Gasteiger charge is -2.08. The van der Waals surface area contributed by atoms with E-state index < -0.39 is 11.4 Å². The van der Waals surface area contributed by atoms with Crippen LogP contribution in [0.3, 0.4) is 0 Å². The Morgan fingerprint density at radius 3 is 2.38 bits per heavy atom. The number of para-hydroxylation sites is 2. The highest BCUT2D eigenvalue weighted by Gasteiger charge is 2.11. The summed E-state index contributed by atoms with van der Waals surface area (Å²) in [5.41, 5.74) is 0. The first-order valence-corrected chi connectivity index (χ1v) is 8.25. The Morgan fingerprint density at radius 2 is 1.71 bits per heavy atom. The van der Waals surface area contributed by atoms with Crippen LogP contribution in [0.2, 0.25) is 0 Å². The summed E-state index contributed by atoms with van der Waals surface area (Å²) in [7, 11) is 0. The molecule has 0 aliphatic rings. The van der Waals surface area contributed by atoms with E-state index in [1.165, 1.54) is 31.4 Å². The van der Waals surface area contributed by atoms with Crippen molar-refractivity contribution >= 4 is 17.3 Å². The van der Waals surface area contributed by atoms with Gasteiger partial charge in [0.1, 0.15) is 0 Å². The van der Waals surface area contributed by atoms with E-state index in [4.69, 9.17) is 9.29 Å². The van der Waals surface area contributed by atoms with Crippen molar-refractivity contribution in [2.75, 3.05) is 0 Å². The van der Waals surface area contributed by atoms with E-state index in [1.807, 2.05) is 0 Å². The molecule has 21 heavy (non-hydrogen) atoms. The van der Waals surface area contributed by atoms with Crippen LogP contribution >= 0.6 is 0 Å². The maximum Gasteiger partial charge on any atom is 0.357 e. The number of hydrogen-bond donors (Lipinski definition) is 1. The van der Waals surface area contributed by atoms with Crippen LogP contribution in [0.1, 0.15) is 51.9 Å². The summed E-state index contributed by atoms with van der Waals surface area (Å²) in [6.45, 7) is 2.16. The smallest absolute Gasteiger partial charge is 0.357 e. The van der Waals surface area contributed by atoms with Gasteiger partial charge in [0.25, 0.3) is 0 Å². The molecule has 0 amide bonds. The average molecular weight is 314 g/mol. The molecule has 6 heteroatoms. The summed E-state index contributed by atoms with van der Waals surface area (Å²) in [5.74, 6) is -0.115. The lowest BCUT2D eigenvalue weighted by Crippen LogP contribution is -2.09. The SMILES string of the molecule is CCCCCCCCC(=O)Oc1ccccc1OS(=O)O. The topological polar surface area (TPSA) is 72.8 Å². The molecule has 1 N–H and O–H groups in total. The van der Waals surface area contributed by atoms with Gasteiger partial charge in [0.2, 0.25) is 0 Å². The van der Waals surface area contributed by atoms with Gasteiger partial charge in [0.05, 0.1) is 0 Å². The van der Waals surface area contributed by atoms with Gasteiger partial charge in [-0.25, -0.2) is 0 Å². The molecule has 118 valence electrons. The van der Waals surface area contributed by atoms with Crippen molar-refractivity contribution in [2.24, 2.45) is 0 Å². The standard InChI is InChI=1S/C15H22O5S/c1-2-3-4-5-6-7-12-15(16)19-13-10-8-9-11-14(13)20-21(17)18/h8-11H,2-7,12H2,1H3,(H,17,18). The normalized spacial score (nSPS) is 11.9. The molecule has 0 aliphatic carbocycles. The Hall–Kier alpha value is -1.40. The Labute approximate surface area is 128 Å². The van der Waals surface area contributed by atoms with Crippen molar-refractivity contribution < 1.29 is 22.5 Å². The summed E-state index contributed by atoms with van der Waals surface area (Å²) in [4.78, 5) is 11.7. The lowest BCUT2D eigenvalue weighted by atomic mass is 10.1. The molecular formula is C15H22O5S. The molecule has 1 aromatic rings. The number of unbranched alkanes of at least 4 members (excludes halogenated alkanes) is 5. The zero-order chi connectivity index (χ0) is 15.5. The van der Waals surface area contributed by atoms with E-state index in [2.05, 4.69) is 11.1 Å². The van der Waals surface area contributed by atoms with Gasteiger partial charge in [0.15, 0.2) is 11.5 Å². The molecule has 0 aromatic heterocycles. The summed E-state index contributed by atoms with van der Waals surface area (Å²) in [5, 5.41) is 0. The molecular weight excluding hydrogens is 292 g/mol. The van der Waals surface area contributed by atoms with Crippen molar-refractivity contribution in [1.29, 1.82) is 0 Å². The van der Waals surface area contributed by atoms with Crippen molar-refractivity contribution in [3.63, 3.8) is 0 Å². The molecule has 1 aromatic carbocycles. The van der Waals surface area contributed by atoms with Crippen LogP contribution in [-0.2, 0) is 16.2 Å². The highest BCUT2D eigenvalue weighted by atomic mass is 32.2. The van der Waals surface area contributed by atoms with Crippen LogP contribution in [0.15, 0.2) is 24.3 Å². The zero-order valence-electron chi connectivity index (χ0n) is 12.2. The average Bonchev–Trinajstić information content (AvgIpc) is 2.44. The molecule has 0 spiro atoms. The molecule has 1 rings (SSSR count). The fourth-order valence-electron chi connectivity index (χ4n) is 1.90. The Balaban J connectivity index is 2.35. The summed E-state index contributed by atoms with van der Waals surface area (Å²) < 4.78 is 29.2. The number of rotatable bonds is 10. The van der Waals surface area contributed by atoms with Crippen LogP contribution in [0, 0.1) is 0 Å². The van der Waals surface area contributed by atoms with Crippen molar-refractivity contribution in [1.82, 2.24) is 0 Å². The maximum atomic E-state index is 11.7. The van der Waals surface area contributed by atoms with Crippen molar-refractivity contribution in [3.8, 4) is 11.5 Å². The second-order valence-corrected chi connectivity index (χ2v) is 5.34. The lowest BCUT2D eigenvalue weighted by molar-refractivity contribution is -0.134. The second-order valence-electron chi connectivity index (χ2n) is 4.74. The molecule has 0 saturated carbocycles. The van der Waals surface area contributed by atoms with Crippen molar-refractivity contribution in [2.45, 2.75) is 51.9 Å². The quantitative estimate of drug-likeness (QED) is 0.307. The predicted octanol–water partition coefficient (Wildman–Crippen LogP) is 3.86. The Kier molecular flexibility index (Phi) is 8.69. The van der Waals surface area contributed by atoms with Gasteiger partial charge in [0, 0.05) is 6.42 Å². The number of ether oxygens (including phenoxy) is 1. The molecule has 0 fully saturated rings. The van der Waals surface area contributed by atoms with E-state index in [-0.39, 0.29) is 17.5 Å². The first-order chi connectivity index (χ1) is 10.1. The van der Waals surface area contributed by atoms with Crippen LogP contribution in [-0.4, -0.2) is 14.7 Å². The predicted molar refractivity (Wildman–Crippen MR) is 81.5 cm³/mol. The van der Waals surface area contributed by atoms with Crippen LogP contribution in [0.25, 0.3) is 0 Å². The Bertz CT molecular complexity index is 461. The second kappa shape index (κ2) is 10.3. The minimum absolute atomic E-state index is 0.0784. The third kappa shape index (κ3) is 7.82. The minimum Gasteiger partial charge on any atom is -0.422 e. The zero-order valence-corrected chi connectivity index (χ0v) is 13.1. The number of esters is 1. The first-order valence-electron chi connectivity index (χ1n) is 7.22. The first kappa shape index (κ1) is 17.7. The molecule has 5 nitrogen and oxygen atoms in total. The summed E-state index contributed by atoms with van der Waals surface area (Å²) >= 11 is -2.44. The highest BCUT2D eigenvalue weighted by Crippen LogP contribution is 2.27. The van der Waals surface area contributed by atoms with Gasteiger partial charge in [-0.05, 0) is 18.6 Å². The van der Waals surface area contributed by atoms with E-state index >= 15 is 0 Å². The summed E-state index contributed by atoms with van der Waals surface area (Å²) in [6.07, 6.45) is 6.89. The third-order valence-electron chi connectivity index (χ3n) is 2.97. The van der Waals surface area contributed by atoms with Crippen molar-refractivity contribution in [3.05, 3.63) is 24.3 Å². The number of benzene rings is 1. The molecule has 0 heterocycles. The molecule has 0 bridgehead atoms. The van der Waals surface area contributed by atoms with Gasteiger partial charge in [-0.2, -0.15) is 4.21 Å².